The maximum Gasteiger partial charge on any atom is 0.192 e. The fourth-order valence-electron chi connectivity index (χ4n) is 1.28. The summed E-state index contributed by atoms with van der Waals surface area (Å²) < 4.78 is 6.10. The third kappa shape index (κ3) is 4.03. The molecule has 1 rings (SSSR count). The van der Waals surface area contributed by atoms with Crippen LogP contribution in [0.1, 0.15) is 32.2 Å². The molecule has 0 aromatic carbocycles. The SMILES string of the molecule is CC(C)(C)[Si](C)(C)OCc1cccc(CC=O)n1. The Hall–Kier alpha value is -1.00. The van der Waals surface area contributed by atoms with Crippen molar-refractivity contribution in [2.45, 2.75) is 51.9 Å². The third-order valence-electron chi connectivity index (χ3n) is 3.54. The first-order chi connectivity index (χ1) is 8.26. The minimum atomic E-state index is -1.73. The molecule has 100 valence electrons. The van der Waals surface area contributed by atoms with Crippen LogP contribution in [0.4, 0.5) is 0 Å². The van der Waals surface area contributed by atoms with Gasteiger partial charge in [0.1, 0.15) is 6.29 Å². The van der Waals surface area contributed by atoms with E-state index in [-0.39, 0.29) is 5.04 Å². The summed E-state index contributed by atoms with van der Waals surface area (Å²) in [5.41, 5.74) is 1.71. The molecule has 0 unspecified atom stereocenters. The van der Waals surface area contributed by atoms with Crippen LogP contribution in [0.5, 0.6) is 0 Å². The lowest BCUT2D eigenvalue weighted by Crippen LogP contribution is -2.40. The minimum Gasteiger partial charge on any atom is -0.411 e. The van der Waals surface area contributed by atoms with Gasteiger partial charge in [-0.25, -0.2) is 0 Å². The number of nitrogens with zero attached hydrogens (tertiary/aromatic N) is 1. The molecule has 0 aliphatic heterocycles. The normalized spacial score (nSPS) is 12.5. The predicted octanol–water partition coefficient (Wildman–Crippen LogP) is 3.34. The number of aromatic nitrogens is 1. The van der Waals surface area contributed by atoms with Crippen LogP contribution in [0.2, 0.25) is 18.1 Å². The van der Waals surface area contributed by atoms with Gasteiger partial charge in [-0.3, -0.25) is 4.98 Å². The maximum absolute atomic E-state index is 10.5. The second-order valence-corrected chi connectivity index (χ2v) is 10.8. The molecule has 4 heteroatoms. The van der Waals surface area contributed by atoms with Crippen LogP contribution in [-0.2, 0) is 22.2 Å². The number of pyridine rings is 1. The number of hydrogen-bond acceptors (Lipinski definition) is 3. The Morgan fingerprint density at radius 3 is 2.44 bits per heavy atom. The topological polar surface area (TPSA) is 39.2 Å². The zero-order valence-electron chi connectivity index (χ0n) is 12.0. The van der Waals surface area contributed by atoms with E-state index in [4.69, 9.17) is 4.43 Å². The molecule has 0 aliphatic carbocycles. The molecule has 1 aromatic heterocycles. The molecular formula is C14H23NO2Si. The maximum atomic E-state index is 10.5. The Morgan fingerprint density at radius 2 is 1.89 bits per heavy atom. The number of rotatable bonds is 5. The number of carbonyl (C=O) groups excluding carboxylic acids is 1. The van der Waals surface area contributed by atoms with Crippen molar-refractivity contribution in [3.63, 3.8) is 0 Å². The summed E-state index contributed by atoms with van der Waals surface area (Å²) in [5.74, 6) is 0. The van der Waals surface area contributed by atoms with Gasteiger partial charge in [0, 0.05) is 12.1 Å². The third-order valence-corrected chi connectivity index (χ3v) is 8.02. The Morgan fingerprint density at radius 1 is 1.28 bits per heavy atom. The molecule has 1 heterocycles. The van der Waals surface area contributed by atoms with Crippen molar-refractivity contribution in [3.05, 3.63) is 29.6 Å². The lowest BCUT2D eigenvalue weighted by atomic mass is 10.2. The van der Waals surface area contributed by atoms with Gasteiger partial charge in [-0.1, -0.05) is 26.8 Å². The average Bonchev–Trinajstić information content (AvgIpc) is 2.26. The van der Waals surface area contributed by atoms with E-state index in [1.165, 1.54) is 0 Å². The van der Waals surface area contributed by atoms with Crippen LogP contribution in [0.15, 0.2) is 18.2 Å². The summed E-state index contributed by atoms with van der Waals surface area (Å²) in [4.78, 5) is 14.9. The highest BCUT2D eigenvalue weighted by molar-refractivity contribution is 6.74. The predicted molar refractivity (Wildman–Crippen MR) is 76.0 cm³/mol. The van der Waals surface area contributed by atoms with E-state index in [9.17, 15) is 4.79 Å². The molecule has 0 N–H and O–H groups in total. The number of carbonyl (C=O) groups is 1. The Labute approximate surface area is 111 Å². The smallest absolute Gasteiger partial charge is 0.192 e. The summed E-state index contributed by atoms with van der Waals surface area (Å²) >= 11 is 0. The van der Waals surface area contributed by atoms with Crippen LogP contribution in [-0.4, -0.2) is 19.6 Å². The van der Waals surface area contributed by atoms with Crippen LogP contribution in [0, 0.1) is 0 Å². The summed E-state index contributed by atoms with van der Waals surface area (Å²) in [6.45, 7) is 11.6. The first-order valence-corrected chi connectivity index (χ1v) is 9.19. The van der Waals surface area contributed by atoms with Gasteiger partial charge in [0.05, 0.1) is 12.3 Å². The van der Waals surface area contributed by atoms with Crippen molar-refractivity contribution >= 4 is 14.6 Å². The molecule has 18 heavy (non-hydrogen) atoms. The van der Waals surface area contributed by atoms with Crippen molar-refractivity contribution in [1.29, 1.82) is 0 Å². The minimum absolute atomic E-state index is 0.202. The Bertz CT molecular complexity index is 411. The van der Waals surface area contributed by atoms with E-state index >= 15 is 0 Å². The van der Waals surface area contributed by atoms with Gasteiger partial charge in [-0.05, 0) is 30.3 Å². The van der Waals surface area contributed by atoms with Crippen molar-refractivity contribution in [2.24, 2.45) is 0 Å². The first-order valence-electron chi connectivity index (χ1n) is 6.29. The number of hydrogen-bond donors (Lipinski definition) is 0. The highest BCUT2D eigenvalue weighted by Gasteiger charge is 2.37. The summed E-state index contributed by atoms with van der Waals surface area (Å²) in [5, 5.41) is 0.202. The Balaban J connectivity index is 2.69. The molecule has 0 radical (unpaired) electrons. The van der Waals surface area contributed by atoms with E-state index < -0.39 is 8.32 Å². The van der Waals surface area contributed by atoms with Crippen molar-refractivity contribution in [2.75, 3.05) is 0 Å². The molecule has 3 nitrogen and oxygen atoms in total. The molecule has 0 bridgehead atoms. The standard InChI is InChI=1S/C14H23NO2Si/c1-14(2,3)18(4,5)17-11-13-8-6-7-12(15-13)9-10-16/h6-8,10H,9,11H2,1-5H3. The van der Waals surface area contributed by atoms with Crippen LogP contribution in [0.25, 0.3) is 0 Å². The van der Waals surface area contributed by atoms with E-state index in [1.807, 2.05) is 18.2 Å². The van der Waals surface area contributed by atoms with E-state index in [2.05, 4.69) is 38.8 Å². The molecule has 0 amide bonds. The van der Waals surface area contributed by atoms with Gasteiger partial charge < -0.3 is 9.22 Å². The highest BCUT2D eigenvalue weighted by Crippen LogP contribution is 2.36. The first kappa shape index (κ1) is 15.1. The van der Waals surface area contributed by atoms with Crippen molar-refractivity contribution in [1.82, 2.24) is 4.98 Å². The lowest BCUT2D eigenvalue weighted by molar-refractivity contribution is -0.107. The fraction of sp³-hybridized carbons (Fsp3) is 0.571. The lowest BCUT2D eigenvalue weighted by Gasteiger charge is -2.36. The van der Waals surface area contributed by atoms with Crippen LogP contribution >= 0.6 is 0 Å². The molecule has 0 atom stereocenters. The summed E-state index contributed by atoms with van der Waals surface area (Å²) in [6.07, 6.45) is 1.24. The van der Waals surface area contributed by atoms with Crippen LogP contribution < -0.4 is 0 Å². The molecule has 0 spiro atoms. The summed E-state index contributed by atoms with van der Waals surface area (Å²) in [6, 6.07) is 5.74. The molecular weight excluding hydrogens is 242 g/mol. The summed E-state index contributed by atoms with van der Waals surface area (Å²) in [7, 11) is -1.73. The van der Waals surface area contributed by atoms with Gasteiger partial charge in [-0.2, -0.15) is 0 Å². The van der Waals surface area contributed by atoms with Crippen LogP contribution in [0.3, 0.4) is 0 Å². The molecule has 0 aliphatic rings. The van der Waals surface area contributed by atoms with E-state index in [0.29, 0.717) is 13.0 Å². The molecule has 0 fully saturated rings. The molecule has 0 saturated heterocycles. The number of aldehydes is 1. The highest BCUT2D eigenvalue weighted by atomic mass is 28.4. The monoisotopic (exact) mass is 265 g/mol. The van der Waals surface area contributed by atoms with E-state index in [0.717, 1.165) is 17.7 Å². The van der Waals surface area contributed by atoms with Gasteiger partial charge in [0.25, 0.3) is 0 Å². The average molecular weight is 265 g/mol. The second kappa shape index (κ2) is 5.76. The molecule has 1 aromatic rings. The largest absolute Gasteiger partial charge is 0.411 e. The quantitative estimate of drug-likeness (QED) is 0.605. The van der Waals surface area contributed by atoms with Gasteiger partial charge in [0.15, 0.2) is 8.32 Å². The second-order valence-electron chi connectivity index (χ2n) is 6.04. The fourth-order valence-corrected chi connectivity index (χ4v) is 2.22. The molecule has 0 saturated carbocycles. The zero-order chi connectivity index (χ0) is 13.8. The van der Waals surface area contributed by atoms with Gasteiger partial charge in [0.2, 0.25) is 0 Å². The van der Waals surface area contributed by atoms with Gasteiger partial charge in [-0.15, -0.1) is 0 Å². The van der Waals surface area contributed by atoms with Crippen molar-refractivity contribution in [3.8, 4) is 0 Å². The Kier molecular flexibility index (Phi) is 4.82. The van der Waals surface area contributed by atoms with Crippen molar-refractivity contribution < 1.29 is 9.22 Å². The zero-order valence-corrected chi connectivity index (χ0v) is 13.0. The van der Waals surface area contributed by atoms with Gasteiger partial charge >= 0.3 is 0 Å². The van der Waals surface area contributed by atoms with E-state index in [1.54, 1.807) is 0 Å².